The molecule has 0 fully saturated rings. The number of hydrogen-bond donors (Lipinski definition) is 2. The van der Waals surface area contributed by atoms with Gasteiger partial charge in [0.1, 0.15) is 0 Å². The minimum absolute atomic E-state index is 0.179. The smallest absolute Gasteiger partial charge is 0.168 e. The van der Waals surface area contributed by atoms with Crippen LogP contribution < -0.4 is 15.9 Å². The van der Waals surface area contributed by atoms with Crippen LogP contribution in [0.1, 0.15) is 0 Å². The van der Waals surface area contributed by atoms with E-state index in [2.05, 4.69) is 58.8 Å². The Morgan fingerprint density at radius 2 is 1.41 bits per heavy atom. The largest absolute Gasteiger partial charge is 0.504 e. The van der Waals surface area contributed by atoms with Crippen molar-refractivity contribution in [2.75, 3.05) is 11.6 Å². The first-order valence-corrected chi connectivity index (χ1v) is 8.63. The summed E-state index contributed by atoms with van der Waals surface area (Å²) in [5, 5.41) is 15.7. The quantitative estimate of drug-likeness (QED) is 0.711. The average molecular weight is 308 g/mol. The lowest BCUT2D eigenvalue weighted by Crippen LogP contribution is -2.18. The predicted molar refractivity (Wildman–Crippen MR) is 93.5 cm³/mol. The highest BCUT2D eigenvalue weighted by molar-refractivity contribution is 7.73. The lowest BCUT2D eigenvalue weighted by atomic mass is 10.4. The summed E-state index contributed by atoms with van der Waals surface area (Å²) >= 11 is 0. The van der Waals surface area contributed by atoms with Gasteiger partial charge in [-0.15, -0.1) is 0 Å². The molecule has 0 aliphatic carbocycles. The molecule has 110 valence electrons. The standard InChI is InChI=1S/C18H17N2OP/c21-17-12-7-13-19-18(17)20-14-22(15-8-3-1-4-9-15)16-10-5-2-6-11-16/h1-13,21H,14H2,(H,19,20). The van der Waals surface area contributed by atoms with Crippen molar-refractivity contribution >= 4 is 24.3 Å². The minimum atomic E-state index is -0.549. The summed E-state index contributed by atoms with van der Waals surface area (Å²) in [6, 6.07) is 24.3. The molecule has 0 atom stereocenters. The van der Waals surface area contributed by atoms with Crippen molar-refractivity contribution in [3.63, 3.8) is 0 Å². The van der Waals surface area contributed by atoms with Gasteiger partial charge in [-0.2, -0.15) is 0 Å². The zero-order valence-corrected chi connectivity index (χ0v) is 12.9. The third kappa shape index (κ3) is 3.44. The third-order valence-electron chi connectivity index (χ3n) is 3.33. The molecule has 0 saturated carbocycles. The highest BCUT2D eigenvalue weighted by Gasteiger charge is 2.14. The molecule has 0 aliphatic rings. The highest BCUT2D eigenvalue weighted by Crippen LogP contribution is 2.34. The Hall–Kier alpha value is -2.38. The summed E-state index contributed by atoms with van der Waals surface area (Å²) < 4.78 is 0. The molecule has 0 spiro atoms. The van der Waals surface area contributed by atoms with E-state index < -0.39 is 7.92 Å². The molecule has 0 saturated heterocycles. The molecule has 0 unspecified atom stereocenters. The van der Waals surface area contributed by atoms with Gasteiger partial charge in [0.15, 0.2) is 11.6 Å². The van der Waals surface area contributed by atoms with Crippen molar-refractivity contribution < 1.29 is 5.11 Å². The number of nitrogens with one attached hydrogen (secondary N) is 1. The van der Waals surface area contributed by atoms with E-state index in [4.69, 9.17) is 0 Å². The van der Waals surface area contributed by atoms with Gasteiger partial charge in [0.25, 0.3) is 0 Å². The predicted octanol–water partition coefficient (Wildman–Crippen LogP) is 3.29. The van der Waals surface area contributed by atoms with Gasteiger partial charge in [-0.1, -0.05) is 60.7 Å². The molecule has 0 bridgehead atoms. The second-order valence-electron chi connectivity index (χ2n) is 4.81. The summed E-state index contributed by atoms with van der Waals surface area (Å²) in [5.74, 6) is 0.709. The minimum Gasteiger partial charge on any atom is -0.504 e. The number of aromatic nitrogens is 1. The zero-order chi connectivity index (χ0) is 15.2. The van der Waals surface area contributed by atoms with Crippen LogP contribution >= 0.6 is 7.92 Å². The second kappa shape index (κ2) is 7.06. The zero-order valence-electron chi connectivity index (χ0n) is 12.1. The second-order valence-corrected chi connectivity index (χ2v) is 7.01. The van der Waals surface area contributed by atoms with Crippen molar-refractivity contribution in [3.8, 4) is 5.75 Å². The van der Waals surface area contributed by atoms with Gasteiger partial charge in [0.2, 0.25) is 0 Å². The molecular formula is C18H17N2OP. The van der Waals surface area contributed by atoms with Gasteiger partial charge in [-0.25, -0.2) is 4.98 Å². The monoisotopic (exact) mass is 308 g/mol. The van der Waals surface area contributed by atoms with Crippen molar-refractivity contribution in [2.24, 2.45) is 0 Å². The van der Waals surface area contributed by atoms with E-state index in [0.717, 1.165) is 6.29 Å². The number of aromatic hydroxyl groups is 1. The molecule has 4 heteroatoms. The Bertz CT molecular complexity index is 680. The van der Waals surface area contributed by atoms with Crippen molar-refractivity contribution in [3.05, 3.63) is 79.0 Å². The van der Waals surface area contributed by atoms with Crippen LogP contribution in [0.3, 0.4) is 0 Å². The summed E-state index contributed by atoms with van der Waals surface area (Å²) in [6.07, 6.45) is 2.41. The molecule has 3 nitrogen and oxygen atoms in total. The molecule has 1 aromatic heterocycles. The van der Waals surface area contributed by atoms with Crippen LogP contribution in [0.15, 0.2) is 79.0 Å². The topological polar surface area (TPSA) is 45.2 Å². The van der Waals surface area contributed by atoms with E-state index in [0.29, 0.717) is 5.82 Å². The van der Waals surface area contributed by atoms with Crippen LogP contribution in [-0.2, 0) is 0 Å². The maximum atomic E-state index is 9.85. The Morgan fingerprint density at radius 3 is 1.95 bits per heavy atom. The number of anilines is 1. The fourth-order valence-corrected chi connectivity index (χ4v) is 4.27. The van der Waals surface area contributed by atoms with Gasteiger partial charge >= 0.3 is 0 Å². The van der Waals surface area contributed by atoms with E-state index in [1.165, 1.54) is 10.6 Å². The lowest BCUT2D eigenvalue weighted by molar-refractivity contribution is 0.475. The highest BCUT2D eigenvalue weighted by atomic mass is 31.1. The maximum absolute atomic E-state index is 9.85. The summed E-state index contributed by atoms with van der Waals surface area (Å²) in [4.78, 5) is 4.19. The van der Waals surface area contributed by atoms with E-state index in [1.807, 2.05) is 12.1 Å². The van der Waals surface area contributed by atoms with E-state index in [1.54, 1.807) is 18.3 Å². The third-order valence-corrected chi connectivity index (χ3v) is 5.64. The number of nitrogens with zero attached hydrogens (tertiary/aromatic N) is 1. The molecule has 0 amide bonds. The fourth-order valence-electron chi connectivity index (χ4n) is 2.23. The molecule has 1 heterocycles. The average Bonchev–Trinajstić information content (AvgIpc) is 2.59. The Balaban J connectivity index is 1.85. The van der Waals surface area contributed by atoms with E-state index in [-0.39, 0.29) is 5.75 Å². The van der Waals surface area contributed by atoms with Gasteiger partial charge in [0, 0.05) is 12.5 Å². The molecule has 3 aromatic rings. The Kier molecular flexibility index (Phi) is 4.67. The molecule has 22 heavy (non-hydrogen) atoms. The number of rotatable bonds is 5. The number of hydrogen-bond acceptors (Lipinski definition) is 3. The number of pyridine rings is 1. The van der Waals surface area contributed by atoms with Gasteiger partial charge in [-0.05, 0) is 30.7 Å². The Labute approximate surface area is 131 Å². The normalized spacial score (nSPS) is 10.6. The first-order valence-electron chi connectivity index (χ1n) is 7.10. The van der Waals surface area contributed by atoms with Crippen LogP contribution in [0.25, 0.3) is 0 Å². The van der Waals surface area contributed by atoms with Crippen LogP contribution in [0.2, 0.25) is 0 Å². The first kappa shape index (κ1) is 14.6. The molecule has 0 radical (unpaired) electrons. The fraction of sp³-hybridized carbons (Fsp3) is 0.0556. The Morgan fingerprint density at radius 1 is 0.818 bits per heavy atom. The maximum Gasteiger partial charge on any atom is 0.168 e. The molecular weight excluding hydrogens is 291 g/mol. The van der Waals surface area contributed by atoms with Crippen LogP contribution in [0.4, 0.5) is 5.82 Å². The number of benzene rings is 2. The summed E-state index contributed by atoms with van der Waals surface area (Å²) in [6.45, 7) is 0. The van der Waals surface area contributed by atoms with E-state index in [9.17, 15) is 5.11 Å². The van der Waals surface area contributed by atoms with Crippen molar-refractivity contribution in [1.29, 1.82) is 0 Å². The molecule has 2 N–H and O–H groups in total. The van der Waals surface area contributed by atoms with Crippen LogP contribution in [0, 0.1) is 0 Å². The summed E-state index contributed by atoms with van der Waals surface area (Å²) in [7, 11) is -0.549. The van der Waals surface area contributed by atoms with Crippen molar-refractivity contribution in [2.45, 2.75) is 0 Å². The lowest BCUT2D eigenvalue weighted by Gasteiger charge is -2.19. The summed E-state index contributed by atoms with van der Waals surface area (Å²) in [5.41, 5.74) is 0. The van der Waals surface area contributed by atoms with E-state index >= 15 is 0 Å². The molecule has 0 aliphatic heterocycles. The van der Waals surface area contributed by atoms with Gasteiger partial charge < -0.3 is 10.4 Å². The van der Waals surface area contributed by atoms with Crippen LogP contribution in [-0.4, -0.2) is 16.4 Å². The molecule has 2 aromatic carbocycles. The molecule has 3 rings (SSSR count). The van der Waals surface area contributed by atoms with Gasteiger partial charge in [-0.3, -0.25) is 0 Å². The first-order chi connectivity index (χ1) is 10.8. The van der Waals surface area contributed by atoms with Crippen LogP contribution in [0.5, 0.6) is 5.75 Å². The van der Waals surface area contributed by atoms with Crippen molar-refractivity contribution in [1.82, 2.24) is 4.98 Å². The van der Waals surface area contributed by atoms with Gasteiger partial charge in [0.05, 0.1) is 0 Å². The SMILES string of the molecule is Oc1cccnc1NCP(c1ccccc1)c1ccccc1.